The minimum absolute atomic E-state index is 0.409. The molecule has 0 bridgehead atoms. The van der Waals surface area contributed by atoms with Crippen molar-refractivity contribution in [1.82, 2.24) is 10.3 Å². The van der Waals surface area contributed by atoms with Crippen molar-refractivity contribution in [2.45, 2.75) is 38.6 Å². The average Bonchev–Trinajstić information content (AvgIpc) is 2.69. The Kier molecular flexibility index (Phi) is 2.62. The Morgan fingerprint density at radius 2 is 2.50 bits per heavy atom. The van der Waals surface area contributed by atoms with Gasteiger partial charge < -0.3 is 5.32 Å². The van der Waals surface area contributed by atoms with Crippen LogP contribution in [0.3, 0.4) is 0 Å². The molecule has 0 spiro atoms. The van der Waals surface area contributed by atoms with Crippen LogP contribution in [0.5, 0.6) is 0 Å². The summed E-state index contributed by atoms with van der Waals surface area (Å²) in [7, 11) is 2.07. The van der Waals surface area contributed by atoms with Gasteiger partial charge in [0, 0.05) is 23.5 Å². The Morgan fingerprint density at radius 3 is 3.00 bits per heavy atom. The van der Waals surface area contributed by atoms with Crippen LogP contribution in [-0.4, -0.2) is 18.1 Å². The van der Waals surface area contributed by atoms with E-state index in [0.29, 0.717) is 17.4 Å². The number of rotatable bonds is 3. The highest BCUT2D eigenvalue weighted by molar-refractivity contribution is 7.09. The summed E-state index contributed by atoms with van der Waals surface area (Å²) in [5.74, 6) is 0.671. The van der Waals surface area contributed by atoms with Crippen molar-refractivity contribution < 1.29 is 0 Å². The number of nitrogens with one attached hydrogen (secondary N) is 1. The maximum atomic E-state index is 4.44. The quantitative estimate of drug-likeness (QED) is 0.829. The SMILES string of the molecule is CCC1(C)C(NC)CC1c1nccs1. The molecule has 0 aliphatic heterocycles. The number of aromatic nitrogens is 1. The van der Waals surface area contributed by atoms with Gasteiger partial charge in [-0.15, -0.1) is 11.3 Å². The third-order valence-corrected chi connectivity index (χ3v) is 4.81. The fourth-order valence-corrected chi connectivity index (χ4v) is 3.50. The van der Waals surface area contributed by atoms with Gasteiger partial charge in [-0.25, -0.2) is 4.98 Å². The molecule has 0 radical (unpaired) electrons. The summed E-state index contributed by atoms with van der Waals surface area (Å²) in [6.45, 7) is 4.66. The third kappa shape index (κ3) is 1.30. The molecule has 3 atom stereocenters. The van der Waals surface area contributed by atoms with Gasteiger partial charge in [-0.2, -0.15) is 0 Å². The first kappa shape index (κ1) is 10.1. The van der Waals surface area contributed by atoms with Gasteiger partial charge in [-0.3, -0.25) is 0 Å². The molecule has 0 aromatic carbocycles. The van der Waals surface area contributed by atoms with Crippen LogP contribution in [0.1, 0.15) is 37.6 Å². The molecule has 2 nitrogen and oxygen atoms in total. The number of hydrogen-bond acceptors (Lipinski definition) is 3. The molecule has 1 aliphatic rings. The van der Waals surface area contributed by atoms with Crippen molar-refractivity contribution in [1.29, 1.82) is 0 Å². The average molecular weight is 210 g/mol. The highest BCUT2D eigenvalue weighted by Crippen LogP contribution is 2.54. The molecule has 3 unspecified atom stereocenters. The monoisotopic (exact) mass is 210 g/mol. The zero-order chi connectivity index (χ0) is 10.2. The first-order valence-corrected chi connectivity index (χ1v) is 6.17. The number of thiazole rings is 1. The van der Waals surface area contributed by atoms with Gasteiger partial charge >= 0.3 is 0 Å². The van der Waals surface area contributed by atoms with E-state index in [2.05, 4.69) is 36.6 Å². The molecule has 78 valence electrons. The van der Waals surface area contributed by atoms with E-state index >= 15 is 0 Å². The van der Waals surface area contributed by atoms with Crippen LogP contribution in [0.4, 0.5) is 0 Å². The number of hydrogen-bond donors (Lipinski definition) is 1. The molecule has 14 heavy (non-hydrogen) atoms. The van der Waals surface area contributed by atoms with Gasteiger partial charge in [0.15, 0.2) is 0 Å². The van der Waals surface area contributed by atoms with Crippen LogP contribution in [0.2, 0.25) is 0 Å². The van der Waals surface area contributed by atoms with Gasteiger partial charge in [0.1, 0.15) is 0 Å². The largest absolute Gasteiger partial charge is 0.316 e. The van der Waals surface area contributed by atoms with Gasteiger partial charge in [-0.05, 0) is 25.3 Å². The predicted molar refractivity (Wildman–Crippen MR) is 60.7 cm³/mol. The highest BCUT2D eigenvalue weighted by Gasteiger charge is 2.51. The minimum atomic E-state index is 0.409. The van der Waals surface area contributed by atoms with Crippen LogP contribution >= 0.6 is 11.3 Å². The lowest BCUT2D eigenvalue weighted by Crippen LogP contribution is -2.55. The topological polar surface area (TPSA) is 24.9 Å². The van der Waals surface area contributed by atoms with E-state index in [1.54, 1.807) is 11.3 Å². The fourth-order valence-electron chi connectivity index (χ4n) is 2.59. The molecule has 1 fully saturated rings. The van der Waals surface area contributed by atoms with Crippen molar-refractivity contribution >= 4 is 11.3 Å². The lowest BCUT2D eigenvalue weighted by molar-refractivity contribution is 0.0493. The molecule has 0 saturated heterocycles. The van der Waals surface area contributed by atoms with E-state index in [1.807, 2.05) is 6.20 Å². The highest BCUT2D eigenvalue weighted by atomic mass is 32.1. The van der Waals surface area contributed by atoms with Crippen LogP contribution in [0.25, 0.3) is 0 Å². The van der Waals surface area contributed by atoms with Crippen molar-refractivity contribution in [3.05, 3.63) is 16.6 Å². The lowest BCUT2D eigenvalue weighted by Gasteiger charge is -2.53. The van der Waals surface area contributed by atoms with Crippen LogP contribution in [-0.2, 0) is 0 Å². The van der Waals surface area contributed by atoms with E-state index in [-0.39, 0.29) is 0 Å². The zero-order valence-corrected chi connectivity index (χ0v) is 9.90. The molecule has 2 rings (SSSR count). The van der Waals surface area contributed by atoms with E-state index in [1.165, 1.54) is 17.8 Å². The van der Waals surface area contributed by atoms with Crippen molar-refractivity contribution in [3.63, 3.8) is 0 Å². The zero-order valence-electron chi connectivity index (χ0n) is 9.08. The summed E-state index contributed by atoms with van der Waals surface area (Å²) in [4.78, 5) is 4.44. The van der Waals surface area contributed by atoms with E-state index < -0.39 is 0 Å². The van der Waals surface area contributed by atoms with E-state index in [4.69, 9.17) is 0 Å². The predicted octanol–water partition coefficient (Wildman–Crippen LogP) is 2.63. The normalized spacial score (nSPS) is 36.8. The summed E-state index contributed by atoms with van der Waals surface area (Å²) in [6, 6.07) is 0.668. The summed E-state index contributed by atoms with van der Waals surface area (Å²) >= 11 is 1.80. The fraction of sp³-hybridized carbons (Fsp3) is 0.727. The summed E-state index contributed by atoms with van der Waals surface area (Å²) in [5, 5.41) is 6.81. The van der Waals surface area contributed by atoms with Gasteiger partial charge in [0.2, 0.25) is 0 Å². The van der Waals surface area contributed by atoms with Gasteiger partial charge in [-0.1, -0.05) is 13.8 Å². The summed E-state index contributed by atoms with van der Waals surface area (Å²) in [5.41, 5.74) is 0.409. The Labute approximate surface area is 89.8 Å². The molecule has 0 amide bonds. The maximum Gasteiger partial charge on any atom is 0.0962 e. The first-order chi connectivity index (χ1) is 6.72. The first-order valence-electron chi connectivity index (χ1n) is 5.29. The van der Waals surface area contributed by atoms with E-state index in [0.717, 1.165) is 0 Å². The van der Waals surface area contributed by atoms with Crippen LogP contribution < -0.4 is 5.32 Å². The molecule has 1 N–H and O–H groups in total. The molecule has 3 heteroatoms. The smallest absolute Gasteiger partial charge is 0.0962 e. The van der Waals surface area contributed by atoms with E-state index in [9.17, 15) is 0 Å². The van der Waals surface area contributed by atoms with Crippen molar-refractivity contribution in [2.24, 2.45) is 5.41 Å². The second-order valence-electron chi connectivity index (χ2n) is 4.36. The van der Waals surface area contributed by atoms with Gasteiger partial charge in [0.05, 0.1) is 5.01 Å². The summed E-state index contributed by atoms with van der Waals surface area (Å²) in [6.07, 6.45) is 4.39. The Bertz CT molecular complexity index is 296. The molecule has 1 heterocycles. The molecule has 1 saturated carbocycles. The molecule has 1 aromatic rings. The Balaban J connectivity index is 2.17. The Hall–Kier alpha value is -0.410. The van der Waals surface area contributed by atoms with Crippen molar-refractivity contribution in [2.75, 3.05) is 7.05 Å². The molecule has 1 aliphatic carbocycles. The Morgan fingerprint density at radius 1 is 1.71 bits per heavy atom. The molecule has 1 aromatic heterocycles. The second kappa shape index (κ2) is 3.63. The van der Waals surface area contributed by atoms with Crippen LogP contribution in [0.15, 0.2) is 11.6 Å². The number of nitrogens with zero attached hydrogens (tertiary/aromatic N) is 1. The summed E-state index contributed by atoms with van der Waals surface area (Å²) < 4.78 is 0. The van der Waals surface area contributed by atoms with Gasteiger partial charge in [0.25, 0.3) is 0 Å². The second-order valence-corrected chi connectivity index (χ2v) is 5.29. The standard InChI is InChI=1S/C11H18N2S/c1-4-11(2)8(7-9(11)12-3)10-13-5-6-14-10/h5-6,8-9,12H,4,7H2,1-3H3. The lowest BCUT2D eigenvalue weighted by atomic mass is 9.56. The minimum Gasteiger partial charge on any atom is -0.316 e. The van der Waals surface area contributed by atoms with Crippen molar-refractivity contribution in [3.8, 4) is 0 Å². The molecular formula is C11H18N2S. The maximum absolute atomic E-state index is 4.44. The van der Waals surface area contributed by atoms with Crippen LogP contribution in [0, 0.1) is 5.41 Å². The third-order valence-electron chi connectivity index (χ3n) is 3.92. The molecular weight excluding hydrogens is 192 g/mol.